The minimum absolute atomic E-state index is 0. The van der Waals surface area contributed by atoms with Crippen LogP contribution in [0.3, 0.4) is 0 Å². The average Bonchev–Trinajstić information content (AvgIpc) is 1.65. The van der Waals surface area contributed by atoms with Crippen molar-refractivity contribution in [2.75, 3.05) is 20.4 Å². The number of carboxylic acids is 1. The van der Waals surface area contributed by atoms with E-state index in [1.807, 2.05) is 141 Å². The molecule has 7 N–H and O–H groups in total. The summed E-state index contributed by atoms with van der Waals surface area (Å²) in [5, 5.41) is 42.2. The fourth-order valence-electron chi connectivity index (χ4n) is 9.45. The van der Waals surface area contributed by atoms with Crippen LogP contribution in [0.1, 0.15) is 164 Å². The molecule has 3 fully saturated rings. The quantitative estimate of drug-likeness (QED) is 0.0384. The molecule has 0 aromatic heterocycles. The van der Waals surface area contributed by atoms with E-state index in [0.29, 0.717) is 17.9 Å². The highest BCUT2D eigenvalue weighted by Crippen LogP contribution is 2.48. The lowest BCUT2D eigenvalue weighted by Gasteiger charge is -2.23. The standard InChI is InChI=1S/C30H24Br2O2.C14H22N2OS.C8H13NOS2.C8H11N.C6H11NO.C6H12O2S.C5H10O.H2O/c31-25-13-17-29(33)23(19-25)11-15-27(21-7-3-1-4-8-21)28(22-9-5-2-6-10-22)16-12-24-20-26(32)14-18-30(24)34;1-8(2)14(3)12(17)16-13(18-14)15-11-7-9-4-5-10(11)6-9;1-5(2)8(3)6(10)9-7(11-4)12-8;1-9(2)8-6-4-3-5-7-8;1-5(2)6(3,8)7-4;1-4(2)6(3,9)5(7)8;1-4(2)5(3)6;/h1-20,27-28,33-34H;8-11H,4-7H2,1-3H3,(H,15,16,17);5H,1-4H3;3-7H,1-2H3;5,8H,1-3H3;4,9H,1-3H3,(H,7,8);4H,1-3H3;1H2/b15-11+,16-12+;;;;;;;/t27-,28-;9?,10?,11?,14-;8-;;2*6-;;/m000.10../s1. The number of phenols is 2. The molecule has 9 rings (SSSR count). The van der Waals surface area contributed by atoms with Crippen molar-refractivity contribution in [1.82, 2.24) is 5.32 Å². The van der Waals surface area contributed by atoms with Gasteiger partial charge in [-0.15, -0.1) is 11.8 Å². The average molecular weight is 1530 g/mol. The number of amidine groups is 1. The number of phenolic OH excluding ortho intramolecular Hbond substituents is 2. The maximum absolute atomic E-state index is 12.1. The Bertz CT molecular complexity index is 3370. The summed E-state index contributed by atoms with van der Waals surface area (Å²) in [6, 6.07) is 42.4. The predicted octanol–water partition coefficient (Wildman–Crippen LogP) is 18.3. The number of nitrogens with zero attached hydrogens (tertiary/aromatic N) is 3. The van der Waals surface area contributed by atoms with Crippen LogP contribution in [-0.2, 0) is 19.2 Å². The molecule has 3 unspecified atom stereocenters. The number of thiol groups is 1. The second kappa shape index (κ2) is 41.3. The molecule has 0 radical (unpaired) electrons. The number of fused-ring (bicyclic) bond motifs is 2. The lowest BCUT2D eigenvalue weighted by Crippen LogP contribution is -3.00. The van der Waals surface area contributed by atoms with Gasteiger partial charge < -0.3 is 36.1 Å². The molecule has 9 atom stereocenters. The number of aliphatic carboxylic acids is 1. The number of allylic oxidation sites excluding steroid dienone is 2. The first-order valence-electron chi connectivity index (χ1n) is 32.6. The summed E-state index contributed by atoms with van der Waals surface area (Å²) in [6.45, 7) is 34.6. The molecule has 530 valence electrons. The maximum Gasteiger partial charge on any atom is 0.334 e. The molecule has 2 saturated carbocycles. The number of aliphatic hydroxyl groups is 1. The number of hydrogen-bond donors (Lipinski definition) is 7. The number of quaternary nitrogens is 1. The van der Waals surface area contributed by atoms with E-state index < -0.39 is 16.4 Å². The van der Waals surface area contributed by atoms with Crippen molar-refractivity contribution in [2.45, 2.75) is 167 Å². The number of halogens is 2. The number of hydrogen-bond acceptors (Lipinski definition) is 13. The van der Waals surface area contributed by atoms with Crippen LogP contribution in [0, 0.1) is 48.0 Å². The highest BCUT2D eigenvalue weighted by molar-refractivity contribution is 9.10. The number of rotatable bonds is 15. The molecular formula is C77H105Br2N5O9S4. The molecule has 2 heterocycles. The molecule has 20 heteroatoms. The van der Waals surface area contributed by atoms with Gasteiger partial charge in [-0.3, -0.25) is 29.0 Å². The molecule has 2 bridgehead atoms. The zero-order valence-electron chi connectivity index (χ0n) is 59.7. The van der Waals surface area contributed by atoms with Crippen LogP contribution in [0.15, 0.2) is 158 Å². The van der Waals surface area contributed by atoms with E-state index in [0.717, 1.165) is 52.6 Å². The van der Waals surface area contributed by atoms with Gasteiger partial charge in [-0.2, -0.15) is 17.6 Å². The maximum atomic E-state index is 12.1. The fraction of sp³-hybridized carbons (Fsp3) is 0.468. The first-order chi connectivity index (χ1) is 44.8. The van der Waals surface area contributed by atoms with Gasteiger partial charge in [-0.25, -0.2) is 6.57 Å². The van der Waals surface area contributed by atoms with Crippen LogP contribution < -0.4 is 10.2 Å². The zero-order chi connectivity index (χ0) is 72.5. The molecule has 0 spiro atoms. The molecular weight excluding hydrogens is 1430 g/mol. The Morgan fingerprint density at radius 2 is 1.19 bits per heavy atom. The van der Waals surface area contributed by atoms with E-state index in [2.05, 4.69) is 162 Å². The van der Waals surface area contributed by atoms with Crippen LogP contribution in [0.25, 0.3) is 17.0 Å². The number of aromatic hydroxyl groups is 2. The van der Waals surface area contributed by atoms with Crippen LogP contribution in [0.2, 0.25) is 0 Å². The van der Waals surface area contributed by atoms with Crippen molar-refractivity contribution in [3.8, 4) is 11.5 Å². The molecule has 2 aliphatic carbocycles. The van der Waals surface area contributed by atoms with Gasteiger partial charge in [0.25, 0.3) is 5.91 Å². The number of para-hydroxylation sites is 1. The predicted molar refractivity (Wildman–Crippen MR) is 419 cm³/mol. The minimum Gasteiger partial charge on any atom is -0.870 e. The van der Waals surface area contributed by atoms with Crippen molar-refractivity contribution in [3.63, 3.8) is 0 Å². The van der Waals surface area contributed by atoms with Crippen molar-refractivity contribution in [3.05, 3.63) is 182 Å². The number of Topliss-reactive ketones (excluding diaryl/α,β-unsaturated/α-hetero) is 1. The number of thioether (sulfide) groups is 3. The Morgan fingerprint density at radius 1 is 0.742 bits per heavy atom. The van der Waals surface area contributed by atoms with Crippen molar-refractivity contribution in [2.24, 2.45) is 51.4 Å². The van der Waals surface area contributed by atoms with Crippen LogP contribution in [0.5, 0.6) is 11.5 Å². The van der Waals surface area contributed by atoms with Gasteiger partial charge in [-0.05, 0) is 142 Å². The molecule has 14 nitrogen and oxygen atoms in total. The van der Waals surface area contributed by atoms with Gasteiger partial charge in [0.2, 0.25) is 5.91 Å². The van der Waals surface area contributed by atoms with Crippen LogP contribution in [0.4, 0.5) is 5.69 Å². The number of benzene rings is 5. The number of carbonyl (C=O) groups excluding carboxylic acids is 3. The molecule has 2 aliphatic heterocycles. The third kappa shape index (κ3) is 27.5. The summed E-state index contributed by atoms with van der Waals surface area (Å²) in [6.07, 6.45) is 15.5. The summed E-state index contributed by atoms with van der Waals surface area (Å²) >= 11 is 15.7. The Balaban J connectivity index is 0.000000427. The van der Waals surface area contributed by atoms with E-state index in [1.54, 1.807) is 61.3 Å². The number of carbonyl (C=O) groups is 4. The van der Waals surface area contributed by atoms with E-state index in [4.69, 9.17) is 21.8 Å². The van der Waals surface area contributed by atoms with E-state index in [-0.39, 0.29) is 73.7 Å². The molecule has 5 aromatic rings. The Labute approximate surface area is 614 Å². The third-order valence-corrected chi connectivity index (χ3v) is 23.7. The van der Waals surface area contributed by atoms with Gasteiger partial charge in [0, 0.05) is 44.7 Å². The normalized spacial score (nSPS) is 21.3. The second-order valence-corrected chi connectivity index (χ2v) is 33.5. The van der Waals surface area contributed by atoms with Gasteiger partial charge in [0.05, 0.1) is 26.1 Å². The number of nitrogens with one attached hydrogen (secondary N) is 2. The number of carboxylic acid groups (broad SMARTS) is 1. The first-order valence-corrected chi connectivity index (χ1v) is 37.5. The topological polar surface area (TPSA) is 225 Å². The summed E-state index contributed by atoms with van der Waals surface area (Å²) in [5.74, 6) is 2.64. The Kier molecular flexibility index (Phi) is 37.3. The summed E-state index contributed by atoms with van der Waals surface area (Å²) in [4.78, 5) is 57.3. The lowest BCUT2D eigenvalue weighted by atomic mass is 9.80. The monoisotopic (exact) mass is 1530 g/mol. The third-order valence-electron chi connectivity index (χ3n) is 18.0. The van der Waals surface area contributed by atoms with Gasteiger partial charge in [0.15, 0.2) is 5.17 Å². The van der Waals surface area contributed by atoms with Crippen molar-refractivity contribution >= 4 is 131 Å². The largest absolute Gasteiger partial charge is 0.870 e. The van der Waals surface area contributed by atoms with E-state index >= 15 is 0 Å². The van der Waals surface area contributed by atoms with Crippen LogP contribution >= 0.6 is 79.8 Å². The van der Waals surface area contributed by atoms with Gasteiger partial charge >= 0.3 is 11.7 Å². The summed E-state index contributed by atoms with van der Waals surface area (Å²) < 4.78 is 1.17. The molecule has 1 saturated heterocycles. The smallest absolute Gasteiger partial charge is 0.334 e. The highest BCUT2D eigenvalue weighted by Gasteiger charge is 2.47. The number of amides is 2. The Morgan fingerprint density at radius 3 is 1.46 bits per heavy atom. The van der Waals surface area contributed by atoms with E-state index in [1.165, 1.54) is 43.2 Å². The molecule has 97 heavy (non-hydrogen) atoms. The zero-order valence-corrected chi connectivity index (χ0v) is 66.2. The SMILES string of the molecule is CC(=O)C(C)C.CC(C)[C@](C)(S)C(=O)O.CC(C)[C@]1(C)SC(=NC2CC3CCC2C3)NC1=O.CSC1=NC(=O)[C@](C)(C(C)C)S1.C[NH+](C)c1ccccc1.Oc1ccc(Br)cc1/C=C/[C@@H](c1ccccc1)[C@@H](/C=C/c1cc(Br)ccc1O)c1ccccc1.[C-]#[N+][C@](C)(O)C(C)C.[OH-]. The first kappa shape index (κ1) is 87.6. The van der Waals surface area contributed by atoms with Crippen molar-refractivity contribution in [1.29, 1.82) is 0 Å². The van der Waals surface area contributed by atoms with Gasteiger partial charge in [0.1, 0.15) is 41.6 Å². The summed E-state index contributed by atoms with van der Waals surface area (Å²) in [7, 11) is 4.24. The van der Waals surface area contributed by atoms with E-state index in [9.17, 15) is 29.4 Å². The Hall–Kier alpha value is -5.47. The van der Waals surface area contributed by atoms with Crippen molar-refractivity contribution < 1.29 is 50.0 Å². The molecule has 5 aromatic carbocycles. The summed E-state index contributed by atoms with van der Waals surface area (Å²) in [5.41, 5.74) is 3.97. The van der Waals surface area contributed by atoms with Gasteiger partial charge in [-0.1, -0.05) is 234 Å². The molecule has 4 aliphatic rings. The molecule has 2 amide bonds. The lowest BCUT2D eigenvalue weighted by molar-refractivity contribution is -0.786. The highest BCUT2D eigenvalue weighted by atomic mass is 79.9. The van der Waals surface area contributed by atoms with Crippen LogP contribution in [-0.4, -0.2) is 105 Å². The second-order valence-electron chi connectivity index (χ2n) is 26.8. The number of ketones is 1. The fourth-order valence-corrected chi connectivity index (χ4v) is 13.2. The minimum atomic E-state index is -1.17. The number of aliphatic imine (C=N–C) groups is 2.